The Morgan fingerprint density at radius 1 is 0.938 bits per heavy atom. The molecule has 0 saturated carbocycles. The number of aliphatic imine (C=N–C) groups is 1. The molecule has 14 nitrogen and oxygen atoms in total. The highest BCUT2D eigenvalue weighted by atomic mass is 16.4. The molecule has 0 aromatic rings. The predicted molar refractivity (Wildman–Crippen MR) is 115 cm³/mol. The fraction of sp³-hybridized carbons (Fsp3) is 0.722. The van der Waals surface area contributed by atoms with E-state index >= 15 is 0 Å². The van der Waals surface area contributed by atoms with Gasteiger partial charge < -0.3 is 48.5 Å². The van der Waals surface area contributed by atoms with Gasteiger partial charge in [-0.25, -0.2) is 4.79 Å². The van der Waals surface area contributed by atoms with Crippen LogP contribution < -0.4 is 33.2 Å². The molecule has 0 saturated heterocycles. The molecular formula is C18H35N7O7. The van der Waals surface area contributed by atoms with Crippen molar-refractivity contribution in [2.24, 2.45) is 28.1 Å². The first-order valence-electron chi connectivity index (χ1n) is 10.1. The predicted octanol–water partition coefficient (Wildman–Crippen LogP) is -4.06. The average molecular weight is 462 g/mol. The SMILES string of the molecule is CC(C)C(NC(=O)C(N)C(C)O)C(=O)NC(CCCN=C(N)N)C(=O)NC(CO)C(=O)O. The van der Waals surface area contributed by atoms with E-state index in [-0.39, 0.29) is 25.3 Å². The molecule has 0 aliphatic rings. The maximum absolute atomic E-state index is 12.8. The molecule has 0 aromatic heterocycles. The van der Waals surface area contributed by atoms with Crippen molar-refractivity contribution in [3.8, 4) is 0 Å². The van der Waals surface area contributed by atoms with Gasteiger partial charge in [-0.05, 0) is 25.7 Å². The molecule has 184 valence electrons. The van der Waals surface area contributed by atoms with Crippen molar-refractivity contribution < 1.29 is 34.5 Å². The highest BCUT2D eigenvalue weighted by Crippen LogP contribution is 2.06. The van der Waals surface area contributed by atoms with Crippen LogP contribution in [-0.2, 0) is 19.2 Å². The lowest BCUT2D eigenvalue weighted by molar-refractivity contribution is -0.143. The molecule has 0 aliphatic heterocycles. The minimum Gasteiger partial charge on any atom is -0.480 e. The summed E-state index contributed by atoms with van der Waals surface area (Å²) in [5.74, 6) is -4.34. The van der Waals surface area contributed by atoms with Crippen LogP contribution in [0.25, 0.3) is 0 Å². The summed E-state index contributed by atoms with van der Waals surface area (Å²) in [7, 11) is 0. The van der Waals surface area contributed by atoms with E-state index < -0.39 is 66.5 Å². The van der Waals surface area contributed by atoms with E-state index in [1.54, 1.807) is 13.8 Å². The minimum atomic E-state index is -1.57. The van der Waals surface area contributed by atoms with Gasteiger partial charge >= 0.3 is 5.97 Å². The molecular weight excluding hydrogens is 426 g/mol. The number of aliphatic hydroxyl groups is 2. The van der Waals surface area contributed by atoms with Crippen molar-refractivity contribution in [2.75, 3.05) is 13.2 Å². The van der Waals surface area contributed by atoms with Crippen LogP contribution in [0.2, 0.25) is 0 Å². The van der Waals surface area contributed by atoms with Gasteiger partial charge in [0.25, 0.3) is 0 Å². The summed E-state index contributed by atoms with van der Waals surface area (Å²) in [5, 5.41) is 34.7. The van der Waals surface area contributed by atoms with E-state index in [1.165, 1.54) is 6.92 Å². The lowest BCUT2D eigenvalue weighted by atomic mass is 10.0. The van der Waals surface area contributed by atoms with Crippen molar-refractivity contribution in [3.05, 3.63) is 0 Å². The highest BCUT2D eigenvalue weighted by Gasteiger charge is 2.32. The van der Waals surface area contributed by atoms with E-state index in [9.17, 15) is 24.3 Å². The fourth-order valence-electron chi connectivity index (χ4n) is 2.50. The average Bonchev–Trinajstić information content (AvgIpc) is 2.70. The number of guanidine groups is 1. The summed E-state index contributed by atoms with van der Waals surface area (Å²) in [5.41, 5.74) is 16.1. The Labute approximate surface area is 186 Å². The smallest absolute Gasteiger partial charge is 0.328 e. The van der Waals surface area contributed by atoms with Crippen molar-refractivity contribution in [1.82, 2.24) is 16.0 Å². The molecule has 0 aliphatic carbocycles. The fourth-order valence-corrected chi connectivity index (χ4v) is 2.50. The van der Waals surface area contributed by atoms with Gasteiger partial charge in [0.05, 0.1) is 12.7 Å². The third-order valence-electron chi connectivity index (χ3n) is 4.44. The molecule has 32 heavy (non-hydrogen) atoms. The van der Waals surface area contributed by atoms with Gasteiger partial charge in [0.1, 0.15) is 24.2 Å². The van der Waals surface area contributed by atoms with E-state index in [4.69, 9.17) is 27.4 Å². The molecule has 3 amide bonds. The van der Waals surface area contributed by atoms with Crippen LogP contribution in [0.15, 0.2) is 4.99 Å². The Balaban J connectivity index is 5.45. The number of amides is 3. The van der Waals surface area contributed by atoms with E-state index in [1.807, 2.05) is 0 Å². The van der Waals surface area contributed by atoms with E-state index in [0.717, 1.165) is 0 Å². The Kier molecular flexibility index (Phi) is 12.8. The number of nitrogens with one attached hydrogen (secondary N) is 3. The van der Waals surface area contributed by atoms with Crippen LogP contribution in [0.4, 0.5) is 0 Å². The van der Waals surface area contributed by atoms with Gasteiger partial charge in [0.2, 0.25) is 17.7 Å². The van der Waals surface area contributed by atoms with Crippen molar-refractivity contribution >= 4 is 29.7 Å². The third kappa shape index (κ3) is 10.4. The van der Waals surface area contributed by atoms with Crippen LogP contribution in [0, 0.1) is 5.92 Å². The molecule has 0 spiro atoms. The number of rotatable bonds is 14. The van der Waals surface area contributed by atoms with Gasteiger partial charge in [-0.15, -0.1) is 0 Å². The highest BCUT2D eigenvalue weighted by molar-refractivity contribution is 5.94. The standard InChI is InChI=1S/C18H35N7O7/c1-8(2)13(25-15(29)12(19)9(3)27)16(30)23-10(5-4-6-22-18(20)21)14(28)24-11(7-26)17(31)32/h8-13,26-27H,4-7,19H2,1-3H3,(H,23,30)(H,24,28)(H,25,29)(H,31,32)(H4,20,21,22). The summed E-state index contributed by atoms with van der Waals surface area (Å²) in [4.78, 5) is 52.4. The zero-order valence-electron chi connectivity index (χ0n) is 18.4. The number of carbonyl (C=O) groups is 4. The van der Waals surface area contributed by atoms with Crippen molar-refractivity contribution in [3.63, 3.8) is 0 Å². The number of carboxylic acid groups (broad SMARTS) is 1. The molecule has 14 heteroatoms. The summed E-state index contributed by atoms with van der Waals surface area (Å²) < 4.78 is 0. The largest absolute Gasteiger partial charge is 0.480 e. The third-order valence-corrected chi connectivity index (χ3v) is 4.44. The molecule has 0 fully saturated rings. The van der Waals surface area contributed by atoms with Crippen LogP contribution in [0.5, 0.6) is 0 Å². The molecule has 0 bridgehead atoms. The van der Waals surface area contributed by atoms with Gasteiger partial charge in [-0.3, -0.25) is 19.4 Å². The molecule has 0 aromatic carbocycles. The first kappa shape index (κ1) is 29.0. The minimum absolute atomic E-state index is 0.0398. The van der Waals surface area contributed by atoms with Crippen LogP contribution in [0.3, 0.4) is 0 Å². The number of hydrogen-bond acceptors (Lipinski definition) is 8. The first-order valence-corrected chi connectivity index (χ1v) is 10.1. The van der Waals surface area contributed by atoms with E-state index in [2.05, 4.69) is 20.9 Å². The summed E-state index contributed by atoms with van der Waals surface area (Å²) in [6.45, 7) is 3.93. The molecule has 5 atom stereocenters. The quantitative estimate of drug-likeness (QED) is 0.0686. The summed E-state index contributed by atoms with van der Waals surface area (Å²) in [6, 6.07) is -5.12. The zero-order valence-corrected chi connectivity index (χ0v) is 18.4. The lowest BCUT2D eigenvalue weighted by Crippen LogP contribution is -2.59. The Morgan fingerprint density at radius 3 is 1.94 bits per heavy atom. The second-order valence-electron chi connectivity index (χ2n) is 7.59. The van der Waals surface area contributed by atoms with Crippen molar-refractivity contribution in [1.29, 1.82) is 0 Å². The maximum Gasteiger partial charge on any atom is 0.328 e. The molecule has 12 N–H and O–H groups in total. The lowest BCUT2D eigenvalue weighted by Gasteiger charge is -2.27. The normalized spacial score (nSPS) is 15.6. The molecule has 0 radical (unpaired) electrons. The molecule has 5 unspecified atom stereocenters. The Hall–Kier alpha value is -2.97. The first-order chi connectivity index (χ1) is 14.8. The van der Waals surface area contributed by atoms with Gasteiger partial charge in [-0.1, -0.05) is 13.8 Å². The number of carboxylic acids is 1. The van der Waals surface area contributed by atoms with Crippen molar-refractivity contribution in [2.45, 2.75) is 63.9 Å². The number of carbonyl (C=O) groups excluding carboxylic acids is 3. The number of aliphatic hydroxyl groups excluding tert-OH is 2. The van der Waals surface area contributed by atoms with Gasteiger partial charge in [-0.2, -0.15) is 0 Å². The topological polar surface area (TPSA) is 255 Å². The van der Waals surface area contributed by atoms with Gasteiger partial charge in [0.15, 0.2) is 5.96 Å². The van der Waals surface area contributed by atoms with Gasteiger partial charge in [0, 0.05) is 6.54 Å². The van der Waals surface area contributed by atoms with Crippen LogP contribution >= 0.6 is 0 Å². The number of nitrogens with zero attached hydrogens (tertiary/aromatic N) is 1. The summed E-state index contributed by atoms with van der Waals surface area (Å²) in [6.07, 6.45) is -0.844. The Bertz CT molecular complexity index is 681. The summed E-state index contributed by atoms with van der Waals surface area (Å²) >= 11 is 0. The van der Waals surface area contributed by atoms with E-state index in [0.29, 0.717) is 0 Å². The molecule has 0 heterocycles. The van der Waals surface area contributed by atoms with Crippen LogP contribution in [0.1, 0.15) is 33.6 Å². The second-order valence-corrected chi connectivity index (χ2v) is 7.59. The molecule has 0 rings (SSSR count). The monoisotopic (exact) mass is 461 g/mol. The zero-order chi connectivity index (χ0) is 25.0. The number of hydrogen-bond donors (Lipinski definition) is 9. The Morgan fingerprint density at radius 2 is 1.50 bits per heavy atom. The number of aliphatic carboxylic acids is 1. The van der Waals surface area contributed by atoms with Crippen LogP contribution in [-0.4, -0.2) is 88.4 Å². The second kappa shape index (κ2) is 14.2. The maximum atomic E-state index is 12.8. The number of nitrogens with two attached hydrogens (primary N) is 3.